The van der Waals surface area contributed by atoms with E-state index >= 15 is 0 Å². The van der Waals surface area contributed by atoms with Gasteiger partial charge in [0.1, 0.15) is 11.6 Å². The molecule has 0 unspecified atom stereocenters. The van der Waals surface area contributed by atoms with Crippen molar-refractivity contribution in [1.29, 1.82) is 0 Å². The molecule has 1 N–H and O–H groups in total. The maximum Gasteiger partial charge on any atom is 0.255 e. The summed E-state index contributed by atoms with van der Waals surface area (Å²) in [6.45, 7) is 0. The molecule has 5 heteroatoms. The highest BCUT2D eigenvalue weighted by Crippen LogP contribution is 2.25. The first kappa shape index (κ1) is 14.0. The van der Waals surface area contributed by atoms with E-state index in [0.717, 1.165) is 6.07 Å². The second kappa shape index (κ2) is 5.69. The zero-order valence-electron chi connectivity index (χ0n) is 11.2. The molecule has 0 saturated carbocycles. The molecule has 2 aromatic rings. The first-order valence-electron chi connectivity index (χ1n) is 6.01. The van der Waals surface area contributed by atoms with Crippen molar-refractivity contribution in [3.05, 3.63) is 59.7 Å². The molecule has 0 aromatic heterocycles. The number of hydrogen-bond acceptors (Lipinski definition) is 2. The number of nitrogens with zero attached hydrogens (tertiary/aromatic N) is 1. The lowest BCUT2D eigenvalue weighted by Crippen LogP contribution is -2.17. The van der Waals surface area contributed by atoms with Gasteiger partial charge in [-0.1, -0.05) is 6.07 Å². The van der Waals surface area contributed by atoms with Gasteiger partial charge in [0.2, 0.25) is 0 Å². The number of nitrogens with one attached hydrogen (secondary N) is 1. The minimum Gasteiger partial charge on any atom is -0.376 e. The molecule has 0 aliphatic rings. The Morgan fingerprint density at radius 3 is 2.40 bits per heavy atom. The van der Waals surface area contributed by atoms with Gasteiger partial charge in [-0.2, -0.15) is 0 Å². The second-order valence-electron chi connectivity index (χ2n) is 4.52. The number of rotatable bonds is 3. The molecule has 0 atom stereocenters. The maximum absolute atomic E-state index is 13.3. The first-order valence-corrected chi connectivity index (χ1v) is 6.01. The molecule has 0 saturated heterocycles. The molecular weight excluding hydrogens is 262 g/mol. The van der Waals surface area contributed by atoms with Gasteiger partial charge in [0, 0.05) is 19.7 Å². The van der Waals surface area contributed by atoms with Crippen molar-refractivity contribution in [3.8, 4) is 0 Å². The Labute approximate surface area is 115 Å². The summed E-state index contributed by atoms with van der Waals surface area (Å²) in [4.78, 5) is 13.8. The molecule has 0 radical (unpaired) electrons. The lowest BCUT2D eigenvalue weighted by molar-refractivity contribution is 0.102. The second-order valence-corrected chi connectivity index (χ2v) is 4.52. The van der Waals surface area contributed by atoms with E-state index in [1.807, 2.05) is 0 Å². The van der Waals surface area contributed by atoms with Gasteiger partial charge in [0.25, 0.3) is 5.91 Å². The number of hydrogen-bond donors (Lipinski definition) is 1. The van der Waals surface area contributed by atoms with E-state index in [0.29, 0.717) is 11.4 Å². The molecule has 0 bridgehead atoms. The Kier molecular flexibility index (Phi) is 3.98. The van der Waals surface area contributed by atoms with E-state index in [2.05, 4.69) is 5.32 Å². The van der Waals surface area contributed by atoms with Crippen molar-refractivity contribution in [3.63, 3.8) is 0 Å². The third kappa shape index (κ3) is 3.12. The molecule has 1 amide bonds. The SMILES string of the molecule is CN(C)c1ccc(F)cc1NC(=O)c1cccc(F)c1. The molecule has 0 heterocycles. The van der Waals surface area contributed by atoms with E-state index in [4.69, 9.17) is 0 Å². The number of anilines is 2. The molecule has 3 nitrogen and oxygen atoms in total. The number of carbonyl (C=O) groups is 1. The van der Waals surface area contributed by atoms with E-state index in [9.17, 15) is 13.6 Å². The molecule has 0 aliphatic heterocycles. The fraction of sp³-hybridized carbons (Fsp3) is 0.133. The van der Waals surface area contributed by atoms with Crippen LogP contribution in [0.2, 0.25) is 0 Å². The van der Waals surface area contributed by atoms with E-state index in [-0.39, 0.29) is 5.56 Å². The lowest BCUT2D eigenvalue weighted by Gasteiger charge is -2.18. The van der Waals surface area contributed by atoms with Gasteiger partial charge in [0.15, 0.2) is 0 Å². The molecule has 2 rings (SSSR count). The number of amides is 1. The third-order valence-electron chi connectivity index (χ3n) is 2.78. The van der Waals surface area contributed by atoms with Gasteiger partial charge in [0.05, 0.1) is 11.4 Å². The quantitative estimate of drug-likeness (QED) is 0.933. The fourth-order valence-corrected chi connectivity index (χ4v) is 1.82. The summed E-state index contributed by atoms with van der Waals surface area (Å²) in [5.41, 5.74) is 1.18. The van der Waals surface area contributed by atoms with E-state index in [1.54, 1.807) is 25.1 Å². The van der Waals surface area contributed by atoms with Crippen molar-refractivity contribution in [1.82, 2.24) is 0 Å². The summed E-state index contributed by atoms with van der Waals surface area (Å²) in [7, 11) is 3.57. The summed E-state index contributed by atoms with van der Waals surface area (Å²) in [6, 6.07) is 9.43. The standard InChI is InChI=1S/C15H14F2N2O/c1-19(2)14-7-6-12(17)9-13(14)18-15(20)10-4-3-5-11(16)8-10/h3-9H,1-2H3,(H,18,20). The van der Waals surface area contributed by atoms with Crippen LogP contribution in [0, 0.1) is 11.6 Å². The number of carbonyl (C=O) groups excluding carboxylic acids is 1. The maximum atomic E-state index is 13.3. The predicted molar refractivity (Wildman–Crippen MR) is 75.1 cm³/mol. The molecule has 0 aliphatic carbocycles. The highest BCUT2D eigenvalue weighted by atomic mass is 19.1. The zero-order valence-corrected chi connectivity index (χ0v) is 11.2. The normalized spacial score (nSPS) is 10.2. The monoisotopic (exact) mass is 276 g/mol. The zero-order chi connectivity index (χ0) is 14.7. The molecule has 0 spiro atoms. The van der Waals surface area contributed by atoms with Gasteiger partial charge in [-0.05, 0) is 36.4 Å². The van der Waals surface area contributed by atoms with Gasteiger partial charge >= 0.3 is 0 Å². The summed E-state index contributed by atoms with van der Waals surface area (Å²) >= 11 is 0. The smallest absolute Gasteiger partial charge is 0.255 e. The topological polar surface area (TPSA) is 32.3 Å². The van der Waals surface area contributed by atoms with Crippen molar-refractivity contribution >= 4 is 17.3 Å². The molecule has 20 heavy (non-hydrogen) atoms. The molecule has 0 fully saturated rings. The van der Waals surface area contributed by atoms with Crippen LogP contribution in [0.15, 0.2) is 42.5 Å². The number of benzene rings is 2. The van der Waals surface area contributed by atoms with Crippen LogP contribution in [-0.2, 0) is 0 Å². The Balaban J connectivity index is 2.30. The van der Waals surface area contributed by atoms with Crippen LogP contribution in [0.3, 0.4) is 0 Å². The van der Waals surface area contributed by atoms with Crippen LogP contribution < -0.4 is 10.2 Å². The van der Waals surface area contributed by atoms with E-state index < -0.39 is 17.5 Å². The predicted octanol–water partition coefficient (Wildman–Crippen LogP) is 3.28. The Hall–Kier alpha value is -2.43. The van der Waals surface area contributed by atoms with E-state index in [1.165, 1.54) is 30.3 Å². The molecule has 104 valence electrons. The summed E-state index contributed by atoms with van der Waals surface area (Å²) < 4.78 is 26.4. The minimum absolute atomic E-state index is 0.180. The van der Waals surface area contributed by atoms with Crippen molar-refractivity contribution < 1.29 is 13.6 Å². The lowest BCUT2D eigenvalue weighted by atomic mass is 10.2. The van der Waals surface area contributed by atoms with Crippen molar-refractivity contribution in [2.75, 3.05) is 24.3 Å². The van der Waals surface area contributed by atoms with Gasteiger partial charge < -0.3 is 10.2 Å². The Morgan fingerprint density at radius 2 is 1.75 bits per heavy atom. The van der Waals surface area contributed by atoms with Gasteiger partial charge in [-0.15, -0.1) is 0 Å². The molecular formula is C15H14F2N2O. The van der Waals surface area contributed by atoms with Gasteiger partial charge in [-0.25, -0.2) is 8.78 Å². The van der Waals surface area contributed by atoms with Crippen LogP contribution >= 0.6 is 0 Å². The Morgan fingerprint density at radius 1 is 1.05 bits per heavy atom. The van der Waals surface area contributed by atoms with Crippen LogP contribution in [0.5, 0.6) is 0 Å². The van der Waals surface area contributed by atoms with Crippen molar-refractivity contribution in [2.24, 2.45) is 0 Å². The third-order valence-corrected chi connectivity index (χ3v) is 2.78. The first-order chi connectivity index (χ1) is 9.47. The van der Waals surface area contributed by atoms with Crippen LogP contribution in [-0.4, -0.2) is 20.0 Å². The highest BCUT2D eigenvalue weighted by Gasteiger charge is 2.11. The summed E-state index contributed by atoms with van der Waals surface area (Å²) in [5, 5.41) is 2.59. The van der Waals surface area contributed by atoms with Gasteiger partial charge in [-0.3, -0.25) is 4.79 Å². The summed E-state index contributed by atoms with van der Waals surface area (Å²) in [6.07, 6.45) is 0. The largest absolute Gasteiger partial charge is 0.376 e. The molecule has 2 aromatic carbocycles. The minimum atomic E-state index is -0.496. The number of halogens is 2. The highest BCUT2D eigenvalue weighted by molar-refractivity contribution is 6.05. The van der Waals surface area contributed by atoms with Crippen LogP contribution in [0.1, 0.15) is 10.4 Å². The fourth-order valence-electron chi connectivity index (χ4n) is 1.82. The summed E-state index contributed by atoms with van der Waals surface area (Å²) in [5.74, 6) is -1.44. The van der Waals surface area contributed by atoms with Crippen LogP contribution in [0.4, 0.5) is 20.2 Å². The average Bonchev–Trinajstić information content (AvgIpc) is 2.38. The average molecular weight is 276 g/mol. The van der Waals surface area contributed by atoms with Crippen LogP contribution in [0.25, 0.3) is 0 Å². The van der Waals surface area contributed by atoms with Crippen molar-refractivity contribution in [2.45, 2.75) is 0 Å². The Bertz CT molecular complexity index is 642.